The molecule has 0 saturated heterocycles. The Balaban J connectivity index is 2.05. The summed E-state index contributed by atoms with van der Waals surface area (Å²) in [4.78, 5) is 0. The van der Waals surface area contributed by atoms with Crippen LogP contribution in [0.3, 0.4) is 0 Å². The Morgan fingerprint density at radius 2 is 2.25 bits per heavy atom. The second-order valence-electron chi connectivity index (χ2n) is 4.53. The summed E-state index contributed by atoms with van der Waals surface area (Å²) in [7, 11) is 1.98. The Labute approximate surface area is 110 Å². The van der Waals surface area contributed by atoms with Crippen LogP contribution in [0.15, 0.2) is 18.2 Å². The summed E-state index contributed by atoms with van der Waals surface area (Å²) >= 11 is 2.22. The first-order valence-electron chi connectivity index (χ1n) is 5.83. The molecular weight excluding hydrogens is 316 g/mol. The van der Waals surface area contributed by atoms with Crippen molar-refractivity contribution >= 4 is 22.6 Å². The maximum absolute atomic E-state index is 13.0. The van der Waals surface area contributed by atoms with Crippen molar-refractivity contribution in [1.82, 2.24) is 5.32 Å². The van der Waals surface area contributed by atoms with Gasteiger partial charge in [0.25, 0.3) is 0 Å². The van der Waals surface area contributed by atoms with Crippen molar-refractivity contribution in [1.29, 1.82) is 0 Å². The lowest BCUT2D eigenvalue weighted by Crippen LogP contribution is -2.17. The molecule has 1 unspecified atom stereocenters. The van der Waals surface area contributed by atoms with E-state index in [1.807, 2.05) is 13.1 Å². The minimum atomic E-state index is -0.148. The van der Waals surface area contributed by atoms with Crippen LogP contribution in [0.4, 0.5) is 4.39 Å². The number of hydrogen-bond donors (Lipinski definition) is 1. The lowest BCUT2D eigenvalue weighted by atomic mass is 10.0. The molecule has 0 bridgehead atoms. The van der Waals surface area contributed by atoms with Gasteiger partial charge in [0.05, 0.1) is 0 Å². The molecule has 88 valence electrons. The summed E-state index contributed by atoms with van der Waals surface area (Å²) < 4.78 is 14.0. The van der Waals surface area contributed by atoms with Gasteiger partial charge in [-0.1, -0.05) is 18.9 Å². The Kier molecular flexibility index (Phi) is 4.19. The Morgan fingerprint density at radius 3 is 2.81 bits per heavy atom. The van der Waals surface area contributed by atoms with Gasteiger partial charge in [-0.15, -0.1) is 0 Å². The maximum Gasteiger partial charge on any atom is 0.124 e. The monoisotopic (exact) mass is 333 g/mol. The minimum Gasteiger partial charge on any atom is -0.313 e. The molecule has 3 heteroatoms. The molecule has 1 atom stereocenters. The zero-order valence-corrected chi connectivity index (χ0v) is 11.6. The smallest absolute Gasteiger partial charge is 0.124 e. The van der Waals surface area contributed by atoms with E-state index in [-0.39, 0.29) is 5.82 Å². The predicted octanol–water partition coefficient (Wildman–Crippen LogP) is 3.88. The van der Waals surface area contributed by atoms with E-state index in [2.05, 4.69) is 27.9 Å². The van der Waals surface area contributed by atoms with Crippen LogP contribution in [-0.4, -0.2) is 7.05 Å². The van der Waals surface area contributed by atoms with Crippen LogP contribution in [0.2, 0.25) is 0 Å². The van der Waals surface area contributed by atoms with E-state index >= 15 is 0 Å². The molecular formula is C13H17FIN. The molecule has 0 amide bonds. The number of nitrogens with one attached hydrogen (secondary N) is 1. The third-order valence-electron chi connectivity index (χ3n) is 3.25. The molecule has 16 heavy (non-hydrogen) atoms. The molecule has 1 fully saturated rings. The largest absolute Gasteiger partial charge is 0.313 e. The maximum atomic E-state index is 13.0. The number of benzene rings is 1. The fraction of sp³-hybridized carbons (Fsp3) is 0.538. The molecule has 1 saturated carbocycles. The zero-order valence-electron chi connectivity index (χ0n) is 9.47. The van der Waals surface area contributed by atoms with E-state index in [4.69, 9.17) is 0 Å². The standard InChI is InChI=1S/C13H17FIN/c1-16-13(7-4-9-2-3-9)11-6-5-10(14)8-12(11)15/h5-6,8-9,13,16H,2-4,7H2,1H3. The lowest BCUT2D eigenvalue weighted by Gasteiger charge is -2.18. The van der Waals surface area contributed by atoms with Crippen molar-refractivity contribution in [2.75, 3.05) is 7.05 Å². The van der Waals surface area contributed by atoms with E-state index in [1.165, 1.54) is 24.8 Å². The number of halogens is 2. The average Bonchev–Trinajstić information content (AvgIpc) is 3.05. The summed E-state index contributed by atoms with van der Waals surface area (Å²) in [6.07, 6.45) is 5.25. The normalized spacial score (nSPS) is 17.4. The Hall–Kier alpha value is -0.160. The second-order valence-corrected chi connectivity index (χ2v) is 5.69. The molecule has 0 aliphatic heterocycles. The predicted molar refractivity (Wildman–Crippen MR) is 72.9 cm³/mol. The summed E-state index contributed by atoms with van der Waals surface area (Å²) in [6.45, 7) is 0. The van der Waals surface area contributed by atoms with Crippen LogP contribution in [0.1, 0.15) is 37.3 Å². The van der Waals surface area contributed by atoms with E-state index in [1.54, 1.807) is 12.1 Å². The lowest BCUT2D eigenvalue weighted by molar-refractivity contribution is 0.503. The zero-order chi connectivity index (χ0) is 11.5. The molecule has 0 heterocycles. The van der Waals surface area contributed by atoms with Crippen LogP contribution >= 0.6 is 22.6 Å². The van der Waals surface area contributed by atoms with Gasteiger partial charge in [-0.25, -0.2) is 4.39 Å². The molecule has 0 spiro atoms. The summed E-state index contributed by atoms with van der Waals surface area (Å²) in [5, 5.41) is 3.33. The minimum absolute atomic E-state index is 0.148. The highest BCUT2D eigenvalue weighted by molar-refractivity contribution is 14.1. The van der Waals surface area contributed by atoms with E-state index in [0.29, 0.717) is 6.04 Å². The molecule has 1 aliphatic carbocycles. The van der Waals surface area contributed by atoms with Gasteiger partial charge in [0.2, 0.25) is 0 Å². The van der Waals surface area contributed by atoms with Gasteiger partial charge in [0, 0.05) is 9.61 Å². The Morgan fingerprint density at radius 1 is 1.50 bits per heavy atom. The van der Waals surface area contributed by atoms with Crippen LogP contribution in [-0.2, 0) is 0 Å². The third-order valence-corrected chi connectivity index (χ3v) is 4.18. The van der Waals surface area contributed by atoms with E-state index in [0.717, 1.165) is 15.9 Å². The van der Waals surface area contributed by atoms with Gasteiger partial charge >= 0.3 is 0 Å². The van der Waals surface area contributed by atoms with Gasteiger partial charge in [-0.2, -0.15) is 0 Å². The highest BCUT2D eigenvalue weighted by atomic mass is 127. The van der Waals surface area contributed by atoms with Crippen LogP contribution in [0.25, 0.3) is 0 Å². The van der Waals surface area contributed by atoms with Gasteiger partial charge in [-0.05, 0) is 66.1 Å². The molecule has 0 radical (unpaired) electrons. The van der Waals surface area contributed by atoms with Crippen molar-refractivity contribution in [2.45, 2.75) is 31.7 Å². The van der Waals surface area contributed by atoms with Gasteiger partial charge in [0.1, 0.15) is 5.82 Å². The fourth-order valence-electron chi connectivity index (χ4n) is 2.05. The SMILES string of the molecule is CNC(CCC1CC1)c1ccc(F)cc1I. The molecule has 2 rings (SSSR count). The first-order chi connectivity index (χ1) is 7.70. The van der Waals surface area contributed by atoms with E-state index in [9.17, 15) is 4.39 Å². The summed E-state index contributed by atoms with van der Waals surface area (Å²) in [5.74, 6) is 0.805. The number of hydrogen-bond acceptors (Lipinski definition) is 1. The fourth-order valence-corrected chi connectivity index (χ4v) is 2.90. The van der Waals surface area contributed by atoms with Crippen molar-refractivity contribution < 1.29 is 4.39 Å². The first-order valence-corrected chi connectivity index (χ1v) is 6.91. The van der Waals surface area contributed by atoms with Crippen molar-refractivity contribution in [3.05, 3.63) is 33.1 Å². The van der Waals surface area contributed by atoms with Crippen LogP contribution < -0.4 is 5.32 Å². The molecule has 1 nitrogen and oxygen atoms in total. The highest BCUT2D eigenvalue weighted by Crippen LogP contribution is 2.36. The van der Waals surface area contributed by atoms with Crippen LogP contribution in [0.5, 0.6) is 0 Å². The average molecular weight is 333 g/mol. The Bertz CT molecular complexity index is 363. The highest BCUT2D eigenvalue weighted by Gasteiger charge is 2.23. The van der Waals surface area contributed by atoms with Crippen molar-refractivity contribution in [3.8, 4) is 0 Å². The van der Waals surface area contributed by atoms with Crippen molar-refractivity contribution in [2.24, 2.45) is 5.92 Å². The van der Waals surface area contributed by atoms with Gasteiger partial charge < -0.3 is 5.32 Å². The molecule has 1 N–H and O–H groups in total. The summed E-state index contributed by atoms with van der Waals surface area (Å²) in [5.41, 5.74) is 1.23. The quantitative estimate of drug-likeness (QED) is 0.807. The molecule has 1 aromatic rings. The molecule has 0 aromatic heterocycles. The summed E-state index contributed by atoms with van der Waals surface area (Å²) in [6, 6.07) is 5.44. The number of rotatable bonds is 5. The van der Waals surface area contributed by atoms with E-state index < -0.39 is 0 Å². The van der Waals surface area contributed by atoms with Crippen LogP contribution in [0, 0.1) is 15.3 Å². The van der Waals surface area contributed by atoms with Crippen molar-refractivity contribution in [3.63, 3.8) is 0 Å². The van der Waals surface area contributed by atoms with Gasteiger partial charge in [0.15, 0.2) is 0 Å². The first kappa shape index (κ1) is 12.3. The third kappa shape index (κ3) is 3.17. The second kappa shape index (κ2) is 5.45. The molecule has 1 aliphatic rings. The molecule has 1 aromatic carbocycles. The topological polar surface area (TPSA) is 12.0 Å². The van der Waals surface area contributed by atoms with Gasteiger partial charge in [-0.3, -0.25) is 0 Å².